The van der Waals surface area contributed by atoms with E-state index in [9.17, 15) is 8.78 Å². The minimum Gasteiger partial charge on any atom is -0.398 e. The van der Waals surface area contributed by atoms with Crippen molar-refractivity contribution in [2.45, 2.75) is 0 Å². The summed E-state index contributed by atoms with van der Waals surface area (Å²) in [6, 6.07) is 10.4. The molecule has 3 nitrogen and oxygen atoms in total. The van der Waals surface area contributed by atoms with Gasteiger partial charge in [-0.1, -0.05) is 12.1 Å². The summed E-state index contributed by atoms with van der Waals surface area (Å²) in [4.78, 5) is 4.15. The molecule has 0 aliphatic heterocycles. The van der Waals surface area contributed by atoms with Crippen LogP contribution in [0.25, 0.3) is 10.8 Å². The molecule has 0 aliphatic carbocycles. The lowest BCUT2D eigenvalue weighted by Gasteiger charge is -2.11. The van der Waals surface area contributed by atoms with Crippen molar-refractivity contribution in [1.82, 2.24) is 4.98 Å². The van der Waals surface area contributed by atoms with E-state index in [0.29, 0.717) is 16.9 Å². The van der Waals surface area contributed by atoms with Crippen molar-refractivity contribution in [1.29, 1.82) is 0 Å². The molecule has 0 atom stereocenters. The van der Waals surface area contributed by atoms with Crippen LogP contribution in [-0.2, 0) is 0 Å². The topological polar surface area (TPSA) is 50.9 Å². The molecule has 0 fully saturated rings. The quantitative estimate of drug-likeness (QED) is 0.696. The molecule has 0 aliphatic rings. The molecule has 0 radical (unpaired) electrons. The van der Waals surface area contributed by atoms with Gasteiger partial charge in [0.25, 0.3) is 0 Å². The van der Waals surface area contributed by atoms with E-state index in [-0.39, 0.29) is 5.69 Å². The fourth-order valence-corrected chi connectivity index (χ4v) is 2.07. The standard InChI is InChI=1S/C15H11F2N3/c16-10-4-5-11(17)13(8-10)20-15-14-9(6-7-19-15)2-1-3-12(14)18/h1-8H,18H2,(H,19,20). The summed E-state index contributed by atoms with van der Waals surface area (Å²) in [5, 5.41) is 4.34. The first-order valence-electron chi connectivity index (χ1n) is 6.00. The van der Waals surface area contributed by atoms with Gasteiger partial charge in [0.15, 0.2) is 0 Å². The van der Waals surface area contributed by atoms with Crippen molar-refractivity contribution in [3.63, 3.8) is 0 Å². The number of nitrogens with zero attached hydrogens (tertiary/aromatic N) is 1. The largest absolute Gasteiger partial charge is 0.398 e. The molecular formula is C15H11F2N3. The molecular weight excluding hydrogens is 260 g/mol. The minimum atomic E-state index is -0.556. The van der Waals surface area contributed by atoms with Crippen molar-refractivity contribution < 1.29 is 8.78 Å². The van der Waals surface area contributed by atoms with E-state index in [4.69, 9.17) is 5.73 Å². The fraction of sp³-hybridized carbons (Fsp3) is 0. The van der Waals surface area contributed by atoms with Crippen LogP contribution in [0, 0.1) is 11.6 Å². The number of fused-ring (bicyclic) bond motifs is 1. The Labute approximate surface area is 114 Å². The van der Waals surface area contributed by atoms with E-state index in [1.807, 2.05) is 12.1 Å². The van der Waals surface area contributed by atoms with Crippen molar-refractivity contribution in [2.75, 3.05) is 11.1 Å². The minimum absolute atomic E-state index is 0.0215. The molecule has 1 aromatic heterocycles. The number of nitrogen functional groups attached to an aromatic ring is 1. The molecule has 3 N–H and O–H groups in total. The summed E-state index contributed by atoms with van der Waals surface area (Å²) < 4.78 is 26.9. The third kappa shape index (κ3) is 2.14. The number of halogens is 2. The highest BCUT2D eigenvalue weighted by Crippen LogP contribution is 2.29. The summed E-state index contributed by atoms with van der Waals surface area (Å²) >= 11 is 0. The number of nitrogens with two attached hydrogens (primary N) is 1. The lowest BCUT2D eigenvalue weighted by atomic mass is 10.1. The third-order valence-corrected chi connectivity index (χ3v) is 3.00. The summed E-state index contributed by atoms with van der Waals surface area (Å²) in [6.07, 6.45) is 1.58. The predicted octanol–water partition coefficient (Wildman–Crippen LogP) is 3.84. The smallest absolute Gasteiger partial charge is 0.146 e. The fourth-order valence-electron chi connectivity index (χ4n) is 2.07. The molecule has 3 aromatic rings. The van der Waals surface area contributed by atoms with Crippen LogP contribution in [0.4, 0.5) is 26.0 Å². The molecule has 2 aromatic carbocycles. The maximum absolute atomic E-state index is 13.7. The number of pyridine rings is 1. The normalized spacial score (nSPS) is 10.7. The van der Waals surface area contributed by atoms with Crippen molar-refractivity contribution in [3.05, 3.63) is 60.3 Å². The van der Waals surface area contributed by atoms with E-state index < -0.39 is 11.6 Å². The molecule has 3 rings (SSSR count). The van der Waals surface area contributed by atoms with Crippen LogP contribution in [0.5, 0.6) is 0 Å². The number of rotatable bonds is 2. The molecule has 5 heteroatoms. The number of hydrogen-bond donors (Lipinski definition) is 2. The zero-order valence-corrected chi connectivity index (χ0v) is 10.4. The van der Waals surface area contributed by atoms with Crippen molar-refractivity contribution >= 4 is 28.0 Å². The van der Waals surface area contributed by atoms with Gasteiger partial charge in [0, 0.05) is 23.3 Å². The molecule has 0 unspecified atom stereocenters. The van der Waals surface area contributed by atoms with Crippen molar-refractivity contribution in [2.24, 2.45) is 0 Å². The Bertz CT molecular complexity index is 782. The van der Waals surface area contributed by atoms with Crippen molar-refractivity contribution in [3.8, 4) is 0 Å². The molecule has 0 spiro atoms. The van der Waals surface area contributed by atoms with Gasteiger partial charge in [-0.25, -0.2) is 13.8 Å². The Balaban J connectivity index is 2.13. The molecule has 0 saturated carbocycles. The van der Waals surface area contributed by atoms with E-state index in [1.54, 1.807) is 18.3 Å². The summed E-state index contributed by atoms with van der Waals surface area (Å²) in [6.45, 7) is 0. The van der Waals surface area contributed by atoms with E-state index >= 15 is 0 Å². The second-order valence-corrected chi connectivity index (χ2v) is 4.35. The highest BCUT2D eigenvalue weighted by molar-refractivity contribution is 6.01. The Morgan fingerprint density at radius 2 is 1.90 bits per heavy atom. The van der Waals surface area contributed by atoms with Crippen LogP contribution in [0.1, 0.15) is 0 Å². The Kier molecular flexibility index (Phi) is 2.95. The summed E-state index contributed by atoms with van der Waals surface area (Å²) in [5.74, 6) is -0.688. The van der Waals surface area contributed by atoms with E-state index in [1.165, 1.54) is 0 Å². The van der Waals surface area contributed by atoms with Crippen LogP contribution in [-0.4, -0.2) is 4.98 Å². The molecule has 0 bridgehead atoms. The van der Waals surface area contributed by atoms with Gasteiger partial charge in [-0.2, -0.15) is 0 Å². The van der Waals surface area contributed by atoms with Gasteiger partial charge in [0.2, 0.25) is 0 Å². The van der Waals surface area contributed by atoms with Gasteiger partial charge in [0.05, 0.1) is 5.69 Å². The average Bonchev–Trinajstić information content (AvgIpc) is 2.43. The summed E-state index contributed by atoms with van der Waals surface area (Å²) in [7, 11) is 0. The number of nitrogens with one attached hydrogen (secondary N) is 1. The van der Waals surface area contributed by atoms with Crippen LogP contribution < -0.4 is 11.1 Å². The van der Waals surface area contributed by atoms with Crippen LogP contribution in [0.15, 0.2) is 48.7 Å². The van der Waals surface area contributed by atoms with Gasteiger partial charge in [0.1, 0.15) is 17.5 Å². The molecule has 1 heterocycles. The van der Waals surface area contributed by atoms with Gasteiger partial charge < -0.3 is 11.1 Å². The van der Waals surface area contributed by atoms with Crippen LogP contribution in [0.3, 0.4) is 0 Å². The van der Waals surface area contributed by atoms with Crippen LogP contribution in [0.2, 0.25) is 0 Å². The number of benzene rings is 2. The Hall–Kier alpha value is -2.69. The predicted molar refractivity (Wildman–Crippen MR) is 75.8 cm³/mol. The summed E-state index contributed by atoms with van der Waals surface area (Å²) in [5.41, 5.74) is 6.48. The van der Waals surface area contributed by atoms with Gasteiger partial charge in [-0.05, 0) is 29.7 Å². The molecule has 20 heavy (non-hydrogen) atoms. The van der Waals surface area contributed by atoms with Gasteiger partial charge in [-0.3, -0.25) is 0 Å². The van der Waals surface area contributed by atoms with E-state index in [2.05, 4.69) is 10.3 Å². The maximum Gasteiger partial charge on any atom is 0.146 e. The highest BCUT2D eigenvalue weighted by atomic mass is 19.1. The Morgan fingerprint density at radius 3 is 2.75 bits per heavy atom. The number of aromatic nitrogens is 1. The number of hydrogen-bond acceptors (Lipinski definition) is 3. The van der Waals surface area contributed by atoms with Gasteiger partial charge >= 0.3 is 0 Å². The van der Waals surface area contributed by atoms with E-state index in [0.717, 1.165) is 23.6 Å². The maximum atomic E-state index is 13.7. The molecule has 0 amide bonds. The van der Waals surface area contributed by atoms with Gasteiger partial charge in [-0.15, -0.1) is 0 Å². The second kappa shape index (κ2) is 4.77. The zero-order valence-electron chi connectivity index (χ0n) is 10.4. The van der Waals surface area contributed by atoms with Crippen LogP contribution >= 0.6 is 0 Å². The first-order valence-corrected chi connectivity index (χ1v) is 6.00. The first-order chi connectivity index (χ1) is 9.65. The average molecular weight is 271 g/mol. The Morgan fingerprint density at radius 1 is 1.05 bits per heavy atom. The number of anilines is 3. The third-order valence-electron chi connectivity index (χ3n) is 3.00. The highest BCUT2D eigenvalue weighted by Gasteiger charge is 2.09. The molecule has 100 valence electrons. The lowest BCUT2D eigenvalue weighted by molar-refractivity contribution is 0.603. The second-order valence-electron chi connectivity index (χ2n) is 4.35. The molecule has 0 saturated heterocycles. The zero-order chi connectivity index (χ0) is 14.1. The first kappa shape index (κ1) is 12.3. The SMILES string of the molecule is Nc1cccc2ccnc(Nc3cc(F)ccc3F)c12. The monoisotopic (exact) mass is 271 g/mol. The lowest BCUT2D eigenvalue weighted by Crippen LogP contribution is -1.99.